The molecule has 1 fully saturated rings. The predicted molar refractivity (Wildman–Crippen MR) is 93.6 cm³/mol. The Labute approximate surface area is 145 Å². The van der Waals surface area contributed by atoms with Crippen molar-refractivity contribution in [2.45, 2.75) is 26.0 Å². The fourth-order valence-corrected chi connectivity index (χ4v) is 2.84. The summed E-state index contributed by atoms with van der Waals surface area (Å²) in [5.74, 6) is 0.804. The molecule has 1 aliphatic heterocycles. The summed E-state index contributed by atoms with van der Waals surface area (Å²) in [5.41, 5.74) is 2.57. The normalized spacial score (nSPS) is 16.8. The molecule has 0 bridgehead atoms. The molecule has 1 aliphatic rings. The largest absolute Gasteiger partial charge is 0.491 e. The van der Waals surface area contributed by atoms with E-state index in [-0.39, 0.29) is 12.1 Å². The smallest absolute Gasteiger partial charge is 0.160 e. The van der Waals surface area contributed by atoms with Gasteiger partial charge in [0.1, 0.15) is 18.5 Å². The average molecular weight is 344 g/mol. The zero-order chi connectivity index (χ0) is 16.7. The molecule has 0 N–H and O–H groups in total. The fraction of sp³-hybridized carbons (Fsp3) is 0.333. The third-order valence-corrected chi connectivity index (χ3v) is 4.29. The van der Waals surface area contributed by atoms with Crippen LogP contribution in [0.4, 0.5) is 0 Å². The van der Waals surface area contributed by atoms with Gasteiger partial charge in [-0.2, -0.15) is 5.10 Å². The van der Waals surface area contributed by atoms with Gasteiger partial charge in [-0.3, -0.25) is 0 Å². The Balaban J connectivity index is 1.72. The summed E-state index contributed by atoms with van der Waals surface area (Å²) in [6.45, 7) is 5.51. The predicted octanol–water partition coefficient (Wildman–Crippen LogP) is 4.11. The third-order valence-electron chi connectivity index (χ3n) is 3.97. The molecule has 124 valence electrons. The number of fused-ring (bicyclic) bond motifs is 1. The minimum absolute atomic E-state index is 0.217. The van der Waals surface area contributed by atoms with Crippen LogP contribution in [0, 0.1) is 0 Å². The molecule has 0 spiro atoms. The highest BCUT2D eigenvalue weighted by Crippen LogP contribution is 2.30. The first kappa shape index (κ1) is 15.4. The number of rotatable bonds is 5. The van der Waals surface area contributed by atoms with Crippen molar-refractivity contribution < 1.29 is 9.47 Å². The molecule has 5 nitrogen and oxygen atoms in total. The first-order valence-electron chi connectivity index (χ1n) is 8.00. The quantitative estimate of drug-likeness (QED) is 0.654. The molecule has 1 atom stereocenters. The third kappa shape index (κ3) is 2.97. The van der Waals surface area contributed by atoms with Crippen LogP contribution in [0.5, 0.6) is 5.75 Å². The Bertz CT molecular complexity index is 887. The second-order valence-electron chi connectivity index (χ2n) is 6.20. The van der Waals surface area contributed by atoms with Crippen LogP contribution in [0.25, 0.3) is 22.3 Å². The topological polar surface area (TPSA) is 52.5 Å². The van der Waals surface area contributed by atoms with Crippen LogP contribution in [0.2, 0.25) is 5.02 Å². The van der Waals surface area contributed by atoms with Crippen molar-refractivity contribution in [1.29, 1.82) is 0 Å². The summed E-state index contributed by atoms with van der Waals surface area (Å²) in [7, 11) is 0. The van der Waals surface area contributed by atoms with Crippen LogP contribution in [-0.2, 0) is 4.74 Å². The van der Waals surface area contributed by atoms with E-state index in [1.807, 2.05) is 35.0 Å². The van der Waals surface area contributed by atoms with Gasteiger partial charge in [0.25, 0.3) is 0 Å². The Hall–Kier alpha value is -2.11. The zero-order valence-corrected chi connectivity index (χ0v) is 14.3. The summed E-state index contributed by atoms with van der Waals surface area (Å²) < 4.78 is 12.8. The molecule has 0 amide bonds. The average Bonchev–Trinajstić information content (AvgIpc) is 3.30. The molecule has 1 saturated heterocycles. The number of aromatic nitrogens is 3. The number of hydrogen-bond acceptors (Lipinski definition) is 4. The highest BCUT2D eigenvalue weighted by Gasteiger charge is 2.23. The van der Waals surface area contributed by atoms with Gasteiger partial charge in [-0.15, -0.1) is 0 Å². The standard InChI is InChI=1S/C18H18ClN3O2/c1-11(2)22-18-15(8-20-22)16(19)7-17(21-18)12-4-3-5-13(6-12)23-9-14-10-24-14/h3-8,11,14H,9-10H2,1-2H3. The first-order chi connectivity index (χ1) is 11.6. The van der Waals surface area contributed by atoms with E-state index in [0.717, 1.165) is 34.6 Å². The van der Waals surface area contributed by atoms with Gasteiger partial charge in [-0.05, 0) is 32.0 Å². The summed E-state index contributed by atoms with van der Waals surface area (Å²) in [6, 6.07) is 9.96. The fourth-order valence-electron chi connectivity index (χ4n) is 2.60. The van der Waals surface area contributed by atoms with Gasteiger partial charge < -0.3 is 9.47 Å². The van der Waals surface area contributed by atoms with Gasteiger partial charge in [-0.1, -0.05) is 23.7 Å². The van der Waals surface area contributed by atoms with Crippen molar-refractivity contribution >= 4 is 22.6 Å². The summed E-state index contributed by atoms with van der Waals surface area (Å²) in [5, 5.41) is 5.92. The molecule has 24 heavy (non-hydrogen) atoms. The lowest BCUT2D eigenvalue weighted by Gasteiger charge is -2.10. The lowest BCUT2D eigenvalue weighted by molar-refractivity contribution is 0.263. The summed E-state index contributed by atoms with van der Waals surface area (Å²) >= 11 is 6.44. The minimum Gasteiger partial charge on any atom is -0.491 e. The zero-order valence-electron chi connectivity index (χ0n) is 13.6. The van der Waals surface area contributed by atoms with Crippen LogP contribution in [0.3, 0.4) is 0 Å². The summed E-state index contributed by atoms with van der Waals surface area (Å²) in [6.07, 6.45) is 2.00. The van der Waals surface area contributed by atoms with E-state index >= 15 is 0 Å². The number of benzene rings is 1. The van der Waals surface area contributed by atoms with E-state index in [2.05, 4.69) is 18.9 Å². The molecule has 3 aromatic rings. The van der Waals surface area contributed by atoms with Crippen LogP contribution >= 0.6 is 11.6 Å². The Kier molecular flexibility index (Phi) is 3.90. The number of nitrogens with zero attached hydrogens (tertiary/aromatic N) is 3. The highest BCUT2D eigenvalue weighted by molar-refractivity contribution is 6.35. The molecule has 1 unspecified atom stereocenters. The van der Waals surface area contributed by atoms with Gasteiger partial charge >= 0.3 is 0 Å². The lowest BCUT2D eigenvalue weighted by Crippen LogP contribution is -2.04. The van der Waals surface area contributed by atoms with Gasteiger partial charge in [0.05, 0.1) is 28.9 Å². The van der Waals surface area contributed by atoms with E-state index in [1.165, 1.54) is 0 Å². The maximum Gasteiger partial charge on any atom is 0.160 e. The maximum atomic E-state index is 6.44. The molecule has 2 aromatic heterocycles. The van der Waals surface area contributed by atoms with E-state index in [0.29, 0.717) is 11.6 Å². The maximum absolute atomic E-state index is 6.44. The molecule has 0 saturated carbocycles. The number of epoxide rings is 1. The number of pyridine rings is 1. The molecule has 0 aliphatic carbocycles. The van der Waals surface area contributed by atoms with Crippen LogP contribution in [0.1, 0.15) is 19.9 Å². The Morgan fingerprint density at radius 3 is 2.96 bits per heavy atom. The van der Waals surface area contributed by atoms with E-state index in [9.17, 15) is 0 Å². The van der Waals surface area contributed by atoms with Crippen LogP contribution in [0.15, 0.2) is 36.5 Å². The number of hydrogen-bond donors (Lipinski definition) is 0. The molecule has 0 radical (unpaired) electrons. The van der Waals surface area contributed by atoms with Gasteiger partial charge in [0.2, 0.25) is 0 Å². The van der Waals surface area contributed by atoms with E-state index in [4.69, 9.17) is 26.1 Å². The molecule has 3 heterocycles. The van der Waals surface area contributed by atoms with Crippen molar-refractivity contribution in [3.63, 3.8) is 0 Å². The Morgan fingerprint density at radius 1 is 1.38 bits per heavy atom. The van der Waals surface area contributed by atoms with E-state index < -0.39 is 0 Å². The Morgan fingerprint density at radius 2 is 2.21 bits per heavy atom. The minimum atomic E-state index is 0.217. The SMILES string of the molecule is CC(C)n1ncc2c(Cl)cc(-c3cccc(OCC4CO4)c3)nc21. The van der Waals surface area contributed by atoms with Crippen molar-refractivity contribution in [3.05, 3.63) is 41.6 Å². The first-order valence-corrected chi connectivity index (χ1v) is 8.38. The number of halogens is 1. The molecule has 4 rings (SSSR count). The second kappa shape index (κ2) is 6.07. The second-order valence-corrected chi connectivity index (χ2v) is 6.61. The van der Waals surface area contributed by atoms with Crippen LogP contribution in [-0.4, -0.2) is 34.1 Å². The number of ether oxygens (including phenoxy) is 2. The van der Waals surface area contributed by atoms with Crippen molar-refractivity contribution in [3.8, 4) is 17.0 Å². The molecular formula is C18H18ClN3O2. The lowest BCUT2D eigenvalue weighted by atomic mass is 10.1. The molecule has 1 aromatic carbocycles. The molecular weight excluding hydrogens is 326 g/mol. The van der Waals surface area contributed by atoms with Gasteiger partial charge in [0, 0.05) is 11.6 Å². The highest BCUT2D eigenvalue weighted by atomic mass is 35.5. The van der Waals surface area contributed by atoms with Gasteiger partial charge in [0.15, 0.2) is 5.65 Å². The van der Waals surface area contributed by atoms with Gasteiger partial charge in [-0.25, -0.2) is 9.67 Å². The van der Waals surface area contributed by atoms with E-state index in [1.54, 1.807) is 6.20 Å². The molecule has 6 heteroatoms. The monoisotopic (exact) mass is 343 g/mol. The van der Waals surface area contributed by atoms with Crippen molar-refractivity contribution in [2.75, 3.05) is 13.2 Å². The van der Waals surface area contributed by atoms with Crippen molar-refractivity contribution in [1.82, 2.24) is 14.8 Å². The van der Waals surface area contributed by atoms with Crippen molar-refractivity contribution in [2.24, 2.45) is 0 Å². The summed E-state index contributed by atoms with van der Waals surface area (Å²) in [4.78, 5) is 4.77. The van der Waals surface area contributed by atoms with Crippen LogP contribution < -0.4 is 4.74 Å².